The maximum atomic E-state index is 8.36. The van der Waals surface area contributed by atoms with Crippen LogP contribution in [0.5, 0.6) is 0 Å². The van der Waals surface area contributed by atoms with Crippen LogP contribution in [0.2, 0.25) is 0 Å². The van der Waals surface area contributed by atoms with Gasteiger partial charge in [-0.25, -0.2) is 0 Å². The van der Waals surface area contributed by atoms with Gasteiger partial charge in [-0.15, -0.1) is 0 Å². The van der Waals surface area contributed by atoms with Gasteiger partial charge in [-0.05, 0) is 0 Å². The van der Waals surface area contributed by atoms with E-state index in [4.69, 9.17) is 9.90 Å². The molecule has 24 valence electrons. The largest absolute Gasteiger partial charge is 0.483 e. The minimum absolute atomic E-state index is 0. The van der Waals surface area contributed by atoms with Gasteiger partial charge >= 0.3 is 0 Å². The second kappa shape index (κ2) is 11.0. The van der Waals surface area contributed by atoms with Crippen LogP contribution in [0.3, 0.4) is 0 Å². The fourth-order valence-corrected chi connectivity index (χ4v) is 0. The molecule has 0 saturated carbocycles. The molecule has 0 aromatic heterocycles. The van der Waals surface area contributed by atoms with Crippen molar-refractivity contribution in [2.75, 3.05) is 0 Å². The molecule has 4 heavy (non-hydrogen) atoms. The second-order valence-corrected chi connectivity index (χ2v) is 0.105. The Labute approximate surface area is 38.1 Å². The molecule has 0 aliphatic carbocycles. The van der Waals surface area contributed by atoms with Gasteiger partial charge in [-0.2, -0.15) is 0 Å². The van der Waals surface area contributed by atoms with E-state index in [1.165, 1.54) is 0 Å². The van der Waals surface area contributed by atoms with E-state index in [1.54, 1.807) is 0 Å². The molecule has 0 aromatic carbocycles. The van der Waals surface area contributed by atoms with E-state index in [0.29, 0.717) is 0 Å². The van der Waals surface area contributed by atoms with Gasteiger partial charge in [-0.3, -0.25) is 4.79 Å². The molecule has 3 heteroatoms. The molecule has 0 saturated heterocycles. The number of hydrogen-bond acceptors (Lipinski definition) is 1. The molecular formula is CH2O2W. The zero-order chi connectivity index (χ0) is 2.71. The van der Waals surface area contributed by atoms with Crippen LogP contribution in [0.4, 0.5) is 0 Å². The Morgan fingerprint density at radius 2 is 1.75 bits per heavy atom. The monoisotopic (exact) mass is 230 g/mol. The van der Waals surface area contributed by atoms with Gasteiger partial charge < -0.3 is 5.11 Å². The average molecular weight is 230 g/mol. The van der Waals surface area contributed by atoms with Crippen LogP contribution in [0, 0.1) is 0 Å². The molecule has 1 N–H and O–H groups in total. The van der Waals surface area contributed by atoms with Crippen molar-refractivity contribution < 1.29 is 31.0 Å². The minimum Gasteiger partial charge on any atom is -0.483 e. The minimum atomic E-state index is -0.250. The van der Waals surface area contributed by atoms with Crippen molar-refractivity contribution in [3.05, 3.63) is 0 Å². The van der Waals surface area contributed by atoms with E-state index in [0.717, 1.165) is 0 Å². The summed E-state index contributed by atoms with van der Waals surface area (Å²) in [6.07, 6.45) is 0. The Hall–Kier alpha value is 0.158. The molecule has 0 radical (unpaired) electrons. The fraction of sp³-hybridized carbons (Fsp3) is 0. The molecule has 0 rings (SSSR count). The molecule has 0 heterocycles. The van der Waals surface area contributed by atoms with Crippen LogP contribution in [0.25, 0.3) is 0 Å². The Morgan fingerprint density at radius 3 is 1.75 bits per heavy atom. The third-order valence-electron chi connectivity index (χ3n) is 0. The second-order valence-electron chi connectivity index (χ2n) is 0.105. The molecule has 0 atom stereocenters. The fourth-order valence-electron chi connectivity index (χ4n) is 0. The number of carbonyl (C=O) groups is 1. The SMILES string of the molecule is O=CO.[W]. The number of rotatable bonds is 0. The molecule has 2 nitrogen and oxygen atoms in total. The summed E-state index contributed by atoms with van der Waals surface area (Å²) in [5.74, 6) is 0. The topological polar surface area (TPSA) is 37.3 Å². The molecule has 0 aliphatic heterocycles. The van der Waals surface area contributed by atoms with Gasteiger partial charge in [0.2, 0.25) is 0 Å². The zero-order valence-electron chi connectivity index (χ0n) is 1.84. The molecule has 0 amide bonds. The Morgan fingerprint density at radius 1 is 1.75 bits per heavy atom. The van der Waals surface area contributed by atoms with Gasteiger partial charge in [0.05, 0.1) is 0 Å². The smallest absolute Gasteiger partial charge is 0.290 e. The van der Waals surface area contributed by atoms with Crippen molar-refractivity contribution in [3.8, 4) is 0 Å². The third-order valence-corrected chi connectivity index (χ3v) is 0. The van der Waals surface area contributed by atoms with E-state index in [9.17, 15) is 0 Å². The summed E-state index contributed by atoms with van der Waals surface area (Å²) >= 11 is 0. The quantitative estimate of drug-likeness (QED) is 0.580. The van der Waals surface area contributed by atoms with Crippen LogP contribution in [0.1, 0.15) is 0 Å². The molecule has 0 spiro atoms. The zero-order valence-corrected chi connectivity index (χ0v) is 4.77. The first-order valence-electron chi connectivity index (χ1n) is 0.494. The van der Waals surface area contributed by atoms with Crippen LogP contribution in [-0.2, 0) is 25.9 Å². The molecular weight excluding hydrogens is 228 g/mol. The normalized spacial score (nSPS) is 3.00. The van der Waals surface area contributed by atoms with Gasteiger partial charge in [0.25, 0.3) is 6.47 Å². The van der Waals surface area contributed by atoms with Crippen molar-refractivity contribution >= 4 is 6.47 Å². The summed E-state index contributed by atoms with van der Waals surface area (Å²) in [6.45, 7) is -0.250. The van der Waals surface area contributed by atoms with E-state index < -0.39 is 0 Å². The summed E-state index contributed by atoms with van der Waals surface area (Å²) in [7, 11) is 0. The van der Waals surface area contributed by atoms with Gasteiger partial charge in [0.1, 0.15) is 0 Å². The van der Waals surface area contributed by atoms with E-state index in [2.05, 4.69) is 0 Å². The van der Waals surface area contributed by atoms with Gasteiger partial charge in [-0.1, -0.05) is 0 Å². The molecule has 0 fully saturated rings. The Balaban J connectivity index is 0. The first-order chi connectivity index (χ1) is 1.41. The Bertz CT molecular complexity index is 13.5. The summed E-state index contributed by atoms with van der Waals surface area (Å²) in [5.41, 5.74) is 0. The number of hydrogen-bond donors (Lipinski definition) is 1. The van der Waals surface area contributed by atoms with E-state index in [1.807, 2.05) is 0 Å². The molecule has 0 unspecified atom stereocenters. The van der Waals surface area contributed by atoms with E-state index >= 15 is 0 Å². The van der Waals surface area contributed by atoms with Crippen molar-refractivity contribution in [1.82, 2.24) is 0 Å². The predicted octanol–water partition coefficient (Wildman–Crippen LogP) is -0.302. The van der Waals surface area contributed by atoms with Crippen molar-refractivity contribution in [1.29, 1.82) is 0 Å². The summed E-state index contributed by atoms with van der Waals surface area (Å²) in [4.78, 5) is 8.36. The summed E-state index contributed by atoms with van der Waals surface area (Å²) in [5, 5.41) is 6.89. The standard InChI is InChI=1S/CH2O2.W/c2-1-3;/h1H,(H,2,3);. The van der Waals surface area contributed by atoms with Crippen LogP contribution < -0.4 is 0 Å². The molecule has 0 bridgehead atoms. The first kappa shape index (κ1) is 8.90. The predicted molar refractivity (Wildman–Crippen MR) is 8.69 cm³/mol. The van der Waals surface area contributed by atoms with Crippen molar-refractivity contribution in [3.63, 3.8) is 0 Å². The maximum absolute atomic E-state index is 8.36. The van der Waals surface area contributed by atoms with Crippen molar-refractivity contribution in [2.45, 2.75) is 0 Å². The van der Waals surface area contributed by atoms with Crippen LogP contribution in [0.15, 0.2) is 0 Å². The van der Waals surface area contributed by atoms with Crippen LogP contribution >= 0.6 is 0 Å². The Kier molecular flexibility index (Phi) is 24.4. The van der Waals surface area contributed by atoms with Crippen LogP contribution in [-0.4, -0.2) is 11.6 Å². The first-order valence-corrected chi connectivity index (χ1v) is 0.494. The maximum Gasteiger partial charge on any atom is 0.290 e. The average Bonchev–Trinajstić information content (AvgIpc) is 0.918. The van der Waals surface area contributed by atoms with Crippen molar-refractivity contribution in [2.24, 2.45) is 0 Å². The molecule has 0 aromatic rings. The summed E-state index contributed by atoms with van der Waals surface area (Å²) in [6, 6.07) is 0. The van der Waals surface area contributed by atoms with Gasteiger partial charge in [0.15, 0.2) is 0 Å². The van der Waals surface area contributed by atoms with Gasteiger partial charge in [0, 0.05) is 21.1 Å². The summed E-state index contributed by atoms with van der Waals surface area (Å²) < 4.78 is 0. The third kappa shape index (κ3) is 116. The molecule has 0 aliphatic rings. The number of carboxylic acid groups (broad SMARTS) is 1. The van der Waals surface area contributed by atoms with E-state index in [-0.39, 0.29) is 27.5 Å².